The number of dihydropyridines is 1. The maximum atomic E-state index is 12.6. The van der Waals surface area contributed by atoms with Gasteiger partial charge in [0.15, 0.2) is 11.5 Å². The molecule has 1 unspecified atom stereocenters. The molecular formula is C29H37N9O3S. The molecule has 13 heteroatoms. The van der Waals surface area contributed by atoms with Crippen LogP contribution in [0.2, 0.25) is 0 Å². The molecule has 42 heavy (non-hydrogen) atoms. The van der Waals surface area contributed by atoms with Crippen molar-refractivity contribution in [2.24, 2.45) is 5.73 Å². The van der Waals surface area contributed by atoms with E-state index in [4.69, 9.17) is 20.4 Å². The van der Waals surface area contributed by atoms with E-state index >= 15 is 0 Å². The third-order valence-corrected chi connectivity index (χ3v) is 9.68. The fourth-order valence-electron chi connectivity index (χ4n) is 5.12. The van der Waals surface area contributed by atoms with E-state index in [-0.39, 0.29) is 17.4 Å². The second-order valence-electron chi connectivity index (χ2n) is 11.5. The van der Waals surface area contributed by atoms with Crippen LogP contribution in [0.1, 0.15) is 50.9 Å². The lowest BCUT2D eigenvalue weighted by atomic mass is 9.96. The molecule has 1 atom stereocenters. The average Bonchev–Trinajstić information content (AvgIpc) is 3.72. The van der Waals surface area contributed by atoms with Gasteiger partial charge < -0.3 is 26.0 Å². The minimum atomic E-state index is -3.49. The van der Waals surface area contributed by atoms with Crippen LogP contribution >= 0.6 is 0 Å². The monoisotopic (exact) mass is 591 g/mol. The number of piperidine rings is 1. The molecule has 3 aromatic rings. The molecule has 3 aromatic heterocycles. The summed E-state index contributed by atoms with van der Waals surface area (Å²) in [5, 5.41) is 10.5. The zero-order valence-electron chi connectivity index (χ0n) is 24.1. The molecule has 1 saturated carbocycles. The molecule has 2 aliphatic heterocycles. The summed E-state index contributed by atoms with van der Waals surface area (Å²) in [5.41, 5.74) is 9.16. The number of nitrogens with two attached hydrogens (primary N) is 1. The summed E-state index contributed by atoms with van der Waals surface area (Å²) in [6.07, 6.45) is 13.5. The molecular weight excluding hydrogens is 554 g/mol. The highest BCUT2D eigenvalue weighted by Gasteiger charge is 2.38. The van der Waals surface area contributed by atoms with Crippen LogP contribution in [0, 0.1) is 0 Å². The number of hydrogen-bond acceptors (Lipinski definition) is 11. The summed E-state index contributed by atoms with van der Waals surface area (Å²) in [5.74, 6) is 1.09. The molecule has 1 saturated heterocycles. The van der Waals surface area contributed by atoms with E-state index in [2.05, 4.69) is 46.5 Å². The Kier molecular flexibility index (Phi) is 7.50. The lowest BCUT2D eigenvalue weighted by Gasteiger charge is -2.33. The van der Waals surface area contributed by atoms with Crippen molar-refractivity contribution in [1.29, 1.82) is 0 Å². The van der Waals surface area contributed by atoms with E-state index in [0.29, 0.717) is 29.9 Å². The molecule has 3 aliphatic rings. The average molecular weight is 592 g/mol. The molecule has 12 nitrogen and oxygen atoms in total. The standard InChI is InChI=1S/C29H37N9O3S/c1-19(2)35-26-14-29(30,27-8-11-31-28(36-27)20-15-34-38(18-20)42(39,40)23-5-6-23)33-17-24(26)25-7-4-22(16-32-25)41-21-9-12-37(3)13-10-21/h4,7-8,11,14-19,21,23,33,35H,5-6,9-10,12-13,30H2,1-3H3. The number of ether oxygens (including phenoxy) is 1. The normalized spacial score (nSPS) is 21.9. The van der Waals surface area contributed by atoms with Gasteiger partial charge in [-0.05, 0) is 70.9 Å². The predicted molar refractivity (Wildman–Crippen MR) is 159 cm³/mol. The van der Waals surface area contributed by atoms with E-state index in [1.54, 1.807) is 18.5 Å². The number of rotatable bonds is 9. The topological polar surface area (TPSA) is 153 Å². The molecule has 222 valence electrons. The van der Waals surface area contributed by atoms with E-state index < -0.39 is 15.7 Å². The number of nitrogens with one attached hydrogen (secondary N) is 2. The zero-order valence-corrected chi connectivity index (χ0v) is 24.9. The van der Waals surface area contributed by atoms with E-state index in [1.165, 1.54) is 12.4 Å². The Hall–Kier alpha value is -3.81. The van der Waals surface area contributed by atoms with E-state index in [9.17, 15) is 8.42 Å². The zero-order chi connectivity index (χ0) is 29.5. The first-order chi connectivity index (χ1) is 20.1. The largest absolute Gasteiger partial charge is 0.489 e. The van der Waals surface area contributed by atoms with Gasteiger partial charge >= 0.3 is 0 Å². The summed E-state index contributed by atoms with van der Waals surface area (Å²) in [4.78, 5) is 16.1. The molecule has 1 aliphatic carbocycles. The van der Waals surface area contributed by atoms with Crippen molar-refractivity contribution in [3.63, 3.8) is 0 Å². The highest BCUT2D eigenvalue weighted by molar-refractivity contribution is 7.90. The van der Waals surface area contributed by atoms with Gasteiger partial charge in [0.05, 0.1) is 40.8 Å². The summed E-state index contributed by atoms with van der Waals surface area (Å²) < 4.78 is 32.4. The molecule has 0 bridgehead atoms. The fourth-order valence-corrected chi connectivity index (χ4v) is 6.59. The van der Waals surface area contributed by atoms with Gasteiger partial charge in [0.2, 0.25) is 0 Å². The van der Waals surface area contributed by atoms with Gasteiger partial charge in [-0.2, -0.15) is 9.19 Å². The van der Waals surface area contributed by atoms with Gasteiger partial charge in [0.25, 0.3) is 10.0 Å². The molecule has 4 N–H and O–H groups in total. The van der Waals surface area contributed by atoms with Crippen LogP contribution in [0.3, 0.4) is 0 Å². The summed E-state index contributed by atoms with van der Waals surface area (Å²) in [7, 11) is -1.35. The van der Waals surface area contributed by atoms with Crippen LogP contribution in [0.15, 0.2) is 61.0 Å². The van der Waals surface area contributed by atoms with Crippen molar-refractivity contribution in [2.45, 2.75) is 62.6 Å². The lowest BCUT2D eigenvalue weighted by molar-refractivity contribution is 0.114. The third-order valence-electron chi connectivity index (χ3n) is 7.65. The predicted octanol–water partition coefficient (Wildman–Crippen LogP) is 2.19. The molecule has 0 radical (unpaired) electrons. The minimum absolute atomic E-state index is 0.134. The molecule has 0 amide bonds. The van der Waals surface area contributed by atoms with E-state index in [0.717, 1.165) is 52.7 Å². The van der Waals surface area contributed by atoms with Crippen molar-refractivity contribution in [1.82, 2.24) is 39.7 Å². The highest BCUT2D eigenvalue weighted by Crippen LogP contribution is 2.32. The Bertz CT molecular complexity index is 1600. The number of hydrogen-bond donors (Lipinski definition) is 3. The van der Waals surface area contributed by atoms with Crippen LogP contribution in [0.5, 0.6) is 5.75 Å². The first-order valence-electron chi connectivity index (χ1n) is 14.3. The molecule has 6 rings (SSSR count). The van der Waals surface area contributed by atoms with Gasteiger partial charge in [0.1, 0.15) is 11.9 Å². The summed E-state index contributed by atoms with van der Waals surface area (Å²) >= 11 is 0. The van der Waals surface area contributed by atoms with Crippen LogP contribution in [0.25, 0.3) is 17.0 Å². The Balaban J connectivity index is 1.23. The maximum absolute atomic E-state index is 12.6. The number of likely N-dealkylation sites (tertiary alicyclic amines) is 1. The lowest BCUT2D eigenvalue weighted by Crippen LogP contribution is -2.50. The van der Waals surface area contributed by atoms with Gasteiger partial charge in [-0.15, -0.1) is 0 Å². The van der Waals surface area contributed by atoms with Crippen molar-refractivity contribution in [2.75, 3.05) is 20.1 Å². The Labute approximate surface area is 246 Å². The van der Waals surface area contributed by atoms with Crippen LogP contribution in [-0.4, -0.2) is 75.0 Å². The highest BCUT2D eigenvalue weighted by atomic mass is 32.2. The minimum Gasteiger partial charge on any atom is -0.489 e. The molecule has 0 aromatic carbocycles. The smallest absolute Gasteiger partial charge is 0.256 e. The number of aromatic nitrogens is 5. The van der Waals surface area contributed by atoms with Gasteiger partial charge in [-0.1, -0.05) is 0 Å². The molecule has 5 heterocycles. The first kappa shape index (κ1) is 28.3. The SMILES string of the molecule is CC(C)NC1=CC(N)(c2ccnc(-c3cnn(S(=O)(=O)C4CC4)c3)n2)NC=C1c1ccc(OC2CCN(C)CC2)cn1. The second-order valence-corrected chi connectivity index (χ2v) is 13.6. The van der Waals surface area contributed by atoms with Crippen LogP contribution < -0.4 is 21.1 Å². The summed E-state index contributed by atoms with van der Waals surface area (Å²) in [6, 6.07) is 5.78. The van der Waals surface area contributed by atoms with Gasteiger partial charge in [-0.25, -0.2) is 18.4 Å². The Morgan fingerprint density at radius 3 is 2.60 bits per heavy atom. The first-order valence-corrected chi connectivity index (χ1v) is 15.8. The second kappa shape index (κ2) is 11.1. The van der Waals surface area contributed by atoms with Crippen molar-refractivity contribution in [3.8, 4) is 17.1 Å². The van der Waals surface area contributed by atoms with Crippen LogP contribution in [0.4, 0.5) is 0 Å². The van der Waals surface area contributed by atoms with Crippen LogP contribution in [-0.2, 0) is 15.7 Å². The Morgan fingerprint density at radius 2 is 1.90 bits per heavy atom. The van der Waals surface area contributed by atoms with Gasteiger partial charge in [-0.3, -0.25) is 4.98 Å². The van der Waals surface area contributed by atoms with Crippen molar-refractivity contribution < 1.29 is 13.2 Å². The van der Waals surface area contributed by atoms with E-state index in [1.807, 2.05) is 24.4 Å². The number of pyridine rings is 1. The molecule has 2 fully saturated rings. The number of allylic oxidation sites excluding steroid dienone is 1. The quantitative estimate of drug-likeness (QED) is 0.336. The van der Waals surface area contributed by atoms with Crippen molar-refractivity contribution in [3.05, 3.63) is 72.3 Å². The summed E-state index contributed by atoms with van der Waals surface area (Å²) in [6.45, 7) is 6.18. The Morgan fingerprint density at radius 1 is 1.12 bits per heavy atom. The molecule has 0 spiro atoms. The number of nitrogens with zero attached hydrogens (tertiary/aromatic N) is 6. The fraction of sp³-hybridized carbons (Fsp3) is 0.448. The maximum Gasteiger partial charge on any atom is 0.256 e. The third kappa shape index (κ3) is 5.90. The van der Waals surface area contributed by atoms with Crippen molar-refractivity contribution >= 4 is 15.6 Å². The van der Waals surface area contributed by atoms with Gasteiger partial charge in [0, 0.05) is 42.8 Å².